The van der Waals surface area contributed by atoms with Gasteiger partial charge in [0.05, 0.1) is 10.8 Å². The highest BCUT2D eigenvalue weighted by Crippen LogP contribution is 2.18. The molecule has 0 bridgehead atoms. The van der Waals surface area contributed by atoms with Gasteiger partial charge in [0.1, 0.15) is 5.25 Å². The van der Waals surface area contributed by atoms with Crippen LogP contribution in [0.2, 0.25) is 0 Å². The first-order valence-electron chi connectivity index (χ1n) is 4.88. The maximum absolute atomic E-state index is 12.0. The van der Waals surface area contributed by atoms with Crippen LogP contribution in [0, 0.1) is 13.8 Å². The molecular weight excluding hydrogens is 226 g/mol. The minimum Gasteiger partial charge on any atom is -0.480 e. The molecule has 16 heavy (non-hydrogen) atoms. The molecule has 0 radical (unpaired) electrons. The number of rotatable bonds is 4. The van der Waals surface area contributed by atoms with Crippen molar-refractivity contribution >= 4 is 16.8 Å². The van der Waals surface area contributed by atoms with E-state index < -0.39 is 22.0 Å². The normalized spacial score (nSPS) is 14.4. The Bertz CT molecular complexity index is 431. The van der Waals surface area contributed by atoms with Gasteiger partial charge in [-0.15, -0.1) is 0 Å². The molecule has 3 N–H and O–H groups in total. The van der Waals surface area contributed by atoms with Crippen LogP contribution in [0.4, 0.5) is 0 Å². The Balaban J connectivity index is 3.12. The summed E-state index contributed by atoms with van der Waals surface area (Å²) in [5, 5.41) is 7.85. The Hall–Kier alpha value is -1.20. The van der Waals surface area contributed by atoms with Gasteiger partial charge >= 0.3 is 5.97 Å². The van der Waals surface area contributed by atoms with Gasteiger partial charge in [0.2, 0.25) is 0 Å². The Morgan fingerprint density at radius 3 is 2.62 bits per heavy atom. The van der Waals surface area contributed by atoms with Crippen molar-refractivity contribution in [2.45, 2.75) is 24.0 Å². The summed E-state index contributed by atoms with van der Waals surface area (Å²) in [5.41, 5.74) is 7.10. The molecule has 0 aliphatic carbocycles. The number of aryl methyl sites for hydroxylation is 2. The Morgan fingerprint density at radius 2 is 2.12 bits per heavy atom. The minimum atomic E-state index is -1.60. The fourth-order valence-corrected chi connectivity index (χ4v) is 2.71. The van der Waals surface area contributed by atoms with E-state index in [2.05, 4.69) is 0 Å². The summed E-state index contributed by atoms with van der Waals surface area (Å²) in [4.78, 5) is 11.4. The highest BCUT2D eigenvalue weighted by Gasteiger charge is 2.25. The van der Waals surface area contributed by atoms with Crippen LogP contribution in [0.1, 0.15) is 11.1 Å². The van der Waals surface area contributed by atoms with E-state index in [9.17, 15) is 9.00 Å². The zero-order valence-corrected chi connectivity index (χ0v) is 10.1. The molecule has 0 saturated carbocycles. The van der Waals surface area contributed by atoms with Crippen molar-refractivity contribution in [2.75, 3.05) is 6.54 Å². The van der Waals surface area contributed by atoms with E-state index in [-0.39, 0.29) is 6.54 Å². The standard InChI is InChI=1S/C11H15NO3S/c1-7-3-4-8(2)9(5-7)16(15)10(6-12)11(13)14/h3-5,10H,6,12H2,1-2H3,(H,13,14). The van der Waals surface area contributed by atoms with Crippen LogP contribution in [-0.2, 0) is 15.6 Å². The summed E-state index contributed by atoms with van der Waals surface area (Å²) < 4.78 is 12.0. The van der Waals surface area contributed by atoms with Crippen LogP contribution in [0.3, 0.4) is 0 Å². The van der Waals surface area contributed by atoms with Gasteiger partial charge in [-0.25, -0.2) is 0 Å². The van der Waals surface area contributed by atoms with E-state index in [0.29, 0.717) is 4.90 Å². The predicted octanol–water partition coefficient (Wildman–Crippen LogP) is 0.823. The van der Waals surface area contributed by atoms with Crippen LogP contribution in [-0.4, -0.2) is 27.1 Å². The summed E-state index contributed by atoms with van der Waals surface area (Å²) in [6.45, 7) is 3.55. The molecule has 0 heterocycles. The largest absolute Gasteiger partial charge is 0.480 e. The number of carboxylic acid groups (broad SMARTS) is 1. The van der Waals surface area contributed by atoms with Crippen molar-refractivity contribution in [1.29, 1.82) is 0 Å². The molecule has 2 unspecified atom stereocenters. The number of carbonyl (C=O) groups is 1. The van der Waals surface area contributed by atoms with Gasteiger partial charge < -0.3 is 10.8 Å². The Kier molecular flexibility index (Phi) is 4.20. The first kappa shape index (κ1) is 12.9. The van der Waals surface area contributed by atoms with Crippen LogP contribution >= 0.6 is 0 Å². The maximum Gasteiger partial charge on any atom is 0.320 e. The molecule has 0 spiro atoms. The first-order chi connectivity index (χ1) is 7.47. The monoisotopic (exact) mass is 241 g/mol. The average molecular weight is 241 g/mol. The maximum atomic E-state index is 12.0. The molecule has 0 amide bonds. The number of hydrogen-bond acceptors (Lipinski definition) is 3. The lowest BCUT2D eigenvalue weighted by Gasteiger charge is -2.12. The summed E-state index contributed by atoms with van der Waals surface area (Å²) >= 11 is 0. The van der Waals surface area contributed by atoms with Crippen LogP contribution in [0.5, 0.6) is 0 Å². The van der Waals surface area contributed by atoms with Gasteiger partial charge in [0, 0.05) is 11.4 Å². The summed E-state index contributed by atoms with van der Waals surface area (Å²) in [6, 6.07) is 5.48. The van der Waals surface area contributed by atoms with E-state index in [1.807, 2.05) is 26.0 Å². The second kappa shape index (κ2) is 5.23. The third kappa shape index (κ3) is 2.68. The van der Waals surface area contributed by atoms with Gasteiger partial charge in [-0.05, 0) is 31.0 Å². The van der Waals surface area contributed by atoms with E-state index in [4.69, 9.17) is 10.8 Å². The number of hydrogen-bond donors (Lipinski definition) is 2. The second-order valence-corrected chi connectivity index (χ2v) is 5.23. The van der Waals surface area contributed by atoms with Crippen molar-refractivity contribution < 1.29 is 14.1 Å². The fourth-order valence-electron chi connectivity index (χ4n) is 1.36. The number of nitrogens with two attached hydrogens (primary N) is 1. The first-order valence-corrected chi connectivity index (χ1v) is 6.09. The van der Waals surface area contributed by atoms with Crippen molar-refractivity contribution in [3.63, 3.8) is 0 Å². The van der Waals surface area contributed by atoms with Gasteiger partial charge in [-0.2, -0.15) is 0 Å². The average Bonchev–Trinajstić information content (AvgIpc) is 2.22. The van der Waals surface area contributed by atoms with Gasteiger partial charge in [-0.1, -0.05) is 12.1 Å². The highest BCUT2D eigenvalue weighted by molar-refractivity contribution is 7.86. The van der Waals surface area contributed by atoms with E-state index >= 15 is 0 Å². The molecule has 0 fully saturated rings. The zero-order valence-electron chi connectivity index (χ0n) is 9.27. The lowest BCUT2D eigenvalue weighted by atomic mass is 10.2. The van der Waals surface area contributed by atoms with Gasteiger partial charge in [0.25, 0.3) is 0 Å². The molecule has 1 rings (SSSR count). The Labute approximate surface area is 96.9 Å². The second-order valence-electron chi connectivity index (χ2n) is 3.63. The lowest BCUT2D eigenvalue weighted by Crippen LogP contribution is -2.33. The number of carboxylic acids is 1. The minimum absolute atomic E-state index is 0.130. The SMILES string of the molecule is Cc1ccc(C)c(S(=O)C(CN)C(=O)O)c1. The quantitative estimate of drug-likeness (QED) is 0.818. The van der Waals surface area contributed by atoms with Crippen LogP contribution in [0.15, 0.2) is 23.1 Å². The third-order valence-corrected chi connectivity index (χ3v) is 4.09. The van der Waals surface area contributed by atoms with Crippen LogP contribution < -0.4 is 5.73 Å². The smallest absolute Gasteiger partial charge is 0.320 e. The molecule has 0 aromatic heterocycles. The molecule has 5 heteroatoms. The van der Waals surface area contributed by atoms with Crippen molar-refractivity contribution in [3.05, 3.63) is 29.3 Å². The molecule has 0 aliphatic rings. The molecule has 4 nitrogen and oxygen atoms in total. The van der Waals surface area contributed by atoms with Crippen molar-refractivity contribution in [3.8, 4) is 0 Å². The lowest BCUT2D eigenvalue weighted by molar-refractivity contribution is -0.136. The number of benzene rings is 1. The predicted molar refractivity (Wildman–Crippen MR) is 62.8 cm³/mol. The molecule has 1 aromatic carbocycles. The molecule has 0 aliphatic heterocycles. The molecule has 1 aromatic rings. The fraction of sp³-hybridized carbons (Fsp3) is 0.364. The van der Waals surface area contributed by atoms with Crippen LogP contribution in [0.25, 0.3) is 0 Å². The third-order valence-electron chi connectivity index (χ3n) is 2.31. The Morgan fingerprint density at radius 1 is 1.50 bits per heavy atom. The van der Waals surface area contributed by atoms with Gasteiger partial charge in [0.15, 0.2) is 0 Å². The van der Waals surface area contributed by atoms with Crippen molar-refractivity contribution in [1.82, 2.24) is 0 Å². The summed E-state index contributed by atoms with van der Waals surface area (Å²) in [5.74, 6) is -1.12. The molecule has 2 atom stereocenters. The van der Waals surface area contributed by atoms with Gasteiger partial charge in [-0.3, -0.25) is 9.00 Å². The molecule has 88 valence electrons. The van der Waals surface area contributed by atoms with E-state index in [1.54, 1.807) is 6.07 Å². The zero-order chi connectivity index (χ0) is 12.3. The number of aliphatic carboxylic acids is 1. The van der Waals surface area contributed by atoms with Crippen molar-refractivity contribution in [2.24, 2.45) is 5.73 Å². The molecular formula is C11H15NO3S. The summed E-state index contributed by atoms with van der Waals surface area (Å²) in [6.07, 6.45) is 0. The van der Waals surface area contributed by atoms with E-state index in [1.165, 1.54) is 0 Å². The van der Waals surface area contributed by atoms with E-state index in [0.717, 1.165) is 11.1 Å². The molecule has 0 saturated heterocycles. The topological polar surface area (TPSA) is 80.4 Å². The highest BCUT2D eigenvalue weighted by atomic mass is 32.2. The summed E-state index contributed by atoms with van der Waals surface area (Å²) in [7, 11) is -1.60.